The Morgan fingerprint density at radius 3 is 2.48 bits per heavy atom. The summed E-state index contributed by atoms with van der Waals surface area (Å²) in [5, 5.41) is 0. The highest BCUT2D eigenvalue weighted by Gasteiger charge is 2.29. The Morgan fingerprint density at radius 1 is 1.14 bits per heavy atom. The van der Waals surface area contributed by atoms with Crippen LogP contribution in [0.25, 0.3) is 0 Å². The van der Waals surface area contributed by atoms with Crippen LogP contribution in [0.2, 0.25) is 0 Å². The lowest BCUT2D eigenvalue weighted by Crippen LogP contribution is -2.41. The van der Waals surface area contributed by atoms with Crippen LogP contribution < -0.4 is 5.73 Å². The summed E-state index contributed by atoms with van der Waals surface area (Å²) in [7, 11) is 0. The van der Waals surface area contributed by atoms with Gasteiger partial charge < -0.3 is 5.73 Å². The number of nitrogens with two attached hydrogens (primary N) is 1. The van der Waals surface area contributed by atoms with Gasteiger partial charge in [0.05, 0.1) is 0 Å². The van der Waals surface area contributed by atoms with E-state index in [0.717, 1.165) is 12.3 Å². The van der Waals surface area contributed by atoms with Crippen LogP contribution in [0.3, 0.4) is 0 Å². The molecule has 0 spiro atoms. The van der Waals surface area contributed by atoms with E-state index in [0.29, 0.717) is 5.92 Å². The van der Waals surface area contributed by atoms with E-state index in [1.54, 1.807) is 0 Å². The van der Waals surface area contributed by atoms with Gasteiger partial charge in [0.15, 0.2) is 0 Å². The van der Waals surface area contributed by atoms with Gasteiger partial charge in [-0.1, -0.05) is 70.7 Å². The first kappa shape index (κ1) is 16.5. The quantitative estimate of drug-likeness (QED) is 0.718. The smallest absolute Gasteiger partial charge is 0.0195 e. The van der Waals surface area contributed by atoms with Gasteiger partial charge in [-0.25, -0.2) is 0 Å². The average molecular weight is 287 g/mol. The molecule has 2 rings (SSSR count). The lowest BCUT2D eigenvalue weighted by atomic mass is 9.84. The molecule has 0 amide bonds. The Bertz CT molecular complexity index is 420. The third-order valence-corrected chi connectivity index (χ3v) is 5.24. The van der Waals surface area contributed by atoms with Crippen molar-refractivity contribution in [2.24, 2.45) is 11.7 Å². The first-order chi connectivity index (χ1) is 10.0. The zero-order valence-electron chi connectivity index (χ0n) is 14.2. The van der Waals surface area contributed by atoms with E-state index in [4.69, 9.17) is 5.73 Å². The summed E-state index contributed by atoms with van der Waals surface area (Å²) in [4.78, 5) is 0. The number of hydrogen-bond acceptors (Lipinski definition) is 1. The van der Waals surface area contributed by atoms with Crippen LogP contribution in [0.15, 0.2) is 24.3 Å². The molecule has 0 heterocycles. The minimum Gasteiger partial charge on any atom is -0.325 e. The fraction of sp³-hybridized carbons (Fsp3) is 0.700. The molecule has 118 valence electrons. The predicted octanol–water partition coefficient (Wildman–Crippen LogP) is 5.43. The van der Waals surface area contributed by atoms with E-state index >= 15 is 0 Å². The molecule has 0 bridgehead atoms. The first-order valence-electron chi connectivity index (χ1n) is 8.90. The van der Waals surface area contributed by atoms with Crippen LogP contribution in [0.5, 0.6) is 0 Å². The Labute approximate surface area is 131 Å². The topological polar surface area (TPSA) is 26.0 Å². The molecular weight excluding hydrogens is 254 g/mol. The van der Waals surface area contributed by atoms with Crippen LogP contribution in [0.4, 0.5) is 0 Å². The summed E-state index contributed by atoms with van der Waals surface area (Å²) in [6.45, 7) is 6.80. The van der Waals surface area contributed by atoms with Crippen LogP contribution in [-0.2, 0) is 6.42 Å². The monoisotopic (exact) mass is 287 g/mol. The molecule has 1 heteroatoms. The summed E-state index contributed by atoms with van der Waals surface area (Å²) in [6, 6.07) is 9.14. The molecule has 0 radical (unpaired) electrons. The average Bonchev–Trinajstić information content (AvgIpc) is 2.62. The van der Waals surface area contributed by atoms with Crippen molar-refractivity contribution in [2.45, 2.75) is 83.6 Å². The third-order valence-electron chi connectivity index (χ3n) is 5.24. The molecule has 2 atom stereocenters. The van der Waals surface area contributed by atoms with Gasteiger partial charge in [-0.3, -0.25) is 0 Å². The van der Waals surface area contributed by atoms with Crippen molar-refractivity contribution in [3.63, 3.8) is 0 Å². The summed E-state index contributed by atoms with van der Waals surface area (Å²) in [6.07, 6.45) is 10.2. The van der Waals surface area contributed by atoms with E-state index < -0.39 is 0 Å². The Balaban J connectivity index is 1.97. The standard InChI is InChI=1S/C20H33N/c1-4-6-17-7-5-13-20(21,14-12-17)15-18-8-10-19(11-9-18)16(2)3/h8-11,16-17H,4-7,12-15,21H2,1-3H3. The molecule has 1 fully saturated rings. The van der Waals surface area contributed by atoms with Crippen LogP contribution >= 0.6 is 0 Å². The van der Waals surface area contributed by atoms with E-state index in [1.165, 1.54) is 56.1 Å². The van der Waals surface area contributed by atoms with E-state index in [1.807, 2.05) is 0 Å². The highest BCUT2D eigenvalue weighted by Crippen LogP contribution is 2.33. The van der Waals surface area contributed by atoms with Crippen molar-refractivity contribution in [3.8, 4) is 0 Å². The number of rotatable bonds is 5. The molecule has 2 N–H and O–H groups in total. The first-order valence-corrected chi connectivity index (χ1v) is 8.90. The summed E-state index contributed by atoms with van der Waals surface area (Å²) >= 11 is 0. The van der Waals surface area contributed by atoms with Crippen molar-refractivity contribution in [2.75, 3.05) is 0 Å². The highest BCUT2D eigenvalue weighted by atomic mass is 14.7. The fourth-order valence-corrected chi connectivity index (χ4v) is 3.80. The molecular formula is C20H33N. The van der Waals surface area contributed by atoms with Crippen molar-refractivity contribution in [1.29, 1.82) is 0 Å². The van der Waals surface area contributed by atoms with Gasteiger partial charge in [0.2, 0.25) is 0 Å². The highest BCUT2D eigenvalue weighted by molar-refractivity contribution is 5.26. The van der Waals surface area contributed by atoms with Gasteiger partial charge in [0.25, 0.3) is 0 Å². The molecule has 0 aliphatic heterocycles. The van der Waals surface area contributed by atoms with Crippen LogP contribution in [0.1, 0.15) is 82.8 Å². The Hall–Kier alpha value is -0.820. The molecule has 0 aromatic heterocycles. The predicted molar refractivity (Wildman–Crippen MR) is 92.6 cm³/mol. The van der Waals surface area contributed by atoms with Gasteiger partial charge in [0.1, 0.15) is 0 Å². The third kappa shape index (κ3) is 4.85. The largest absolute Gasteiger partial charge is 0.325 e. The maximum atomic E-state index is 6.75. The molecule has 1 aliphatic carbocycles. The molecule has 1 aromatic carbocycles. The fourth-order valence-electron chi connectivity index (χ4n) is 3.80. The molecule has 0 saturated heterocycles. The van der Waals surface area contributed by atoms with E-state index in [-0.39, 0.29) is 5.54 Å². The maximum Gasteiger partial charge on any atom is 0.0195 e. The molecule has 21 heavy (non-hydrogen) atoms. The second-order valence-corrected chi connectivity index (χ2v) is 7.52. The van der Waals surface area contributed by atoms with Crippen molar-refractivity contribution >= 4 is 0 Å². The molecule has 1 nitrogen and oxygen atoms in total. The lowest BCUT2D eigenvalue weighted by molar-refractivity contribution is 0.355. The minimum atomic E-state index is 0.0296. The normalized spacial score (nSPS) is 26.8. The minimum absolute atomic E-state index is 0.0296. The van der Waals surface area contributed by atoms with Crippen molar-refractivity contribution < 1.29 is 0 Å². The molecule has 1 aromatic rings. The summed E-state index contributed by atoms with van der Waals surface area (Å²) < 4.78 is 0. The van der Waals surface area contributed by atoms with Gasteiger partial charge in [-0.05, 0) is 48.6 Å². The zero-order chi connectivity index (χ0) is 15.3. The summed E-state index contributed by atoms with van der Waals surface area (Å²) in [5.74, 6) is 1.53. The van der Waals surface area contributed by atoms with Gasteiger partial charge in [-0.2, -0.15) is 0 Å². The zero-order valence-corrected chi connectivity index (χ0v) is 14.2. The van der Waals surface area contributed by atoms with E-state index in [9.17, 15) is 0 Å². The van der Waals surface area contributed by atoms with Crippen molar-refractivity contribution in [1.82, 2.24) is 0 Å². The van der Waals surface area contributed by atoms with Gasteiger partial charge in [0, 0.05) is 5.54 Å². The second kappa shape index (κ2) is 7.45. The molecule has 2 unspecified atom stereocenters. The van der Waals surface area contributed by atoms with Gasteiger partial charge >= 0.3 is 0 Å². The molecule has 1 aliphatic rings. The SMILES string of the molecule is CCCC1CCCC(N)(Cc2ccc(C(C)C)cc2)CC1. The summed E-state index contributed by atoms with van der Waals surface area (Å²) in [5.41, 5.74) is 9.61. The van der Waals surface area contributed by atoms with Crippen LogP contribution in [-0.4, -0.2) is 5.54 Å². The maximum absolute atomic E-state index is 6.75. The Morgan fingerprint density at radius 2 is 1.86 bits per heavy atom. The molecule has 1 saturated carbocycles. The second-order valence-electron chi connectivity index (χ2n) is 7.52. The number of benzene rings is 1. The van der Waals surface area contributed by atoms with E-state index in [2.05, 4.69) is 45.0 Å². The van der Waals surface area contributed by atoms with Crippen LogP contribution in [0, 0.1) is 5.92 Å². The van der Waals surface area contributed by atoms with Gasteiger partial charge in [-0.15, -0.1) is 0 Å². The lowest BCUT2D eigenvalue weighted by Gasteiger charge is -2.28. The Kier molecular flexibility index (Phi) is 5.87. The van der Waals surface area contributed by atoms with Crippen molar-refractivity contribution in [3.05, 3.63) is 35.4 Å². The number of hydrogen-bond donors (Lipinski definition) is 1.